The van der Waals surface area contributed by atoms with Crippen molar-refractivity contribution in [3.63, 3.8) is 0 Å². The second-order valence-corrected chi connectivity index (χ2v) is 11.3. The minimum atomic E-state index is -0.619. The highest BCUT2D eigenvalue weighted by Crippen LogP contribution is 2.37. The number of nitrogens with zero attached hydrogens (tertiary/aromatic N) is 1. The van der Waals surface area contributed by atoms with E-state index < -0.39 is 17.5 Å². The molecule has 0 unspecified atom stereocenters. The van der Waals surface area contributed by atoms with E-state index in [0.29, 0.717) is 18.8 Å². The van der Waals surface area contributed by atoms with Crippen LogP contribution in [0.5, 0.6) is 11.5 Å². The first kappa shape index (κ1) is 31.6. The maximum absolute atomic E-state index is 13.4. The first-order valence-electron chi connectivity index (χ1n) is 14.4. The van der Waals surface area contributed by atoms with Crippen molar-refractivity contribution in [2.75, 3.05) is 26.3 Å². The van der Waals surface area contributed by atoms with Gasteiger partial charge in [-0.2, -0.15) is 0 Å². The van der Waals surface area contributed by atoms with E-state index in [1.54, 1.807) is 26.0 Å². The van der Waals surface area contributed by atoms with Crippen molar-refractivity contribution in [3.05, 3.63) is 96.1 Å². The Morgan fingerprint density at radius 3 is 1.93 bits per heavy atom. The lowest BCUT2D eigenvalue weighted by molar-refractivity contribution is -0.132. The van der Waals surface area contributed by atoms with Crippen LogP contribution in [0.25, 0.3) is 22.3 Å². The molecule has 0 bridgehead atoms. The SMILES string of the molecule is C=C(C)C(=O)Oc1ccc(-c2ccc(-c3ccc(C(=O)C(C)(C)N4CCOCC4)cc3)cc2CC)cc1OC(=O)C(=C)C. The number of carbonyl (C=O) groups is 3. The van der Waals surface area contributed by atoms with Crippen molar-refractivity contribution in [3.8, 4) is 33.8 Å². The average molecular weight is 582 g/mol. The molecule has 0 radical (unpaired) electrons. The molecule has 4 rings (SSSR count). The quantitative estimate of drug-likeness (QED) is 0.112. The molecule has 0 atom stereocenters. The van der Waals surface area contributed by atoms with Crippen LogP contribution < -0.4 is 9.47 Å². The molecule has 7 nitrogen and oxygen atoms in total. The van der Waals surface area contributed by atoms with E-state index in [0.717, 1.165) is 47.3 Å². The van der Waals surface area contributed by atoms with E-state index in [9.17, 15) is 14.4 Å². The average Bonchev–Trinajstić information content (AvgIpc) is 3.01. The standard InChI is InChI=1S/C36H39NO6/c1-8-25-21-28(26-9-11-27(12-10-26)33(38)36(6,7)37-17-19-41-20-18-37)13-15-30(25)29-14-16-31(42-34(39)23(2)3)32(22-29)43-35(40)24(4)5/h9-16,21-22H,2,4,8,17-20H2,1,3,5-7H3. The third-order valence-electron chi connectivity index (χ3n) is 7.68. The Hall–Kier alpha value is -4.33. The molecule has 1 saturated heterocycles. The lowest BCUT2D eigenvalue weighted by Crippen LogP contribution is -2.54. The van der Waals surface area contributed by atoms with E-state index in [1.165, 1.54) is 0 Å². The van der Waals surface area contributed by atoms with Crippen LogP contribution in [0.4, 0.5) is 0 Å². The smallest absolute Gasteiger partial charge is 0.338 e. The number of Topliss-reactive ketones (excluding diaryl/α,β-unsaturated/α-hetero) is 1. The first-order chi connectivity index (χ1) is 20.4. The number of rotatable bonds is 10. The van der Waals surface area contributed by atoms with Crippen molar-refractivity contribution < 1.29 is 28.6 Å². The van der Waals surface area contributed by atoms with Gasteiger partial charge in [0, 0.05) is 29.8 Å². The Balaban J connectivity index is 1.62. The fraction of sp³-hybridized carbons (Fsp3) is 0.306. The van der Waals surface area contributed by atoms with Crippen LogP contribution >= 0.6 is 0 Å². The number of hydrogen-bond acceptors (Lipinski definition) is 7. The van der Waals surface area contributed by atoms with Gasteiger partial charge < -0.3 is 14.2 Å². The van der Waals surface area contributed by atoms with Gasteiger partial charge in [0.1, 0.15) is 0 Å². The topological polar surface area (TPSA) is 82.1 Å². The Labute approximate surface area is 253 Å². The first-order valence-corrected chi connectivity index (χ1v) is 14.4. The summed E-state index contributed by atoms with van der Waals surface area (Å²) in [7, 11) is 0. The second-order valence-electron chi connectivity index (χ2n) is 11.3. The molecule has 0 saturated carbocycles. The Morgan fingerprint density at radius 2 is 1.35 bits per heavy atom. The fourth-order valence-corrected chi connectivity index (χ4v) is 4.99. The van der Waals surface area contributed by atoms with Gasteiger partial charge in [0.2, 0.25) is 0 Å². The number of aryl methyl sites for hydroxylation is 1. The van der Waals surface area contributed by atoms with Crippen molar-refractivity contribution in [1.29, 1.82) is 0 Å². The second kappa shape index (κ2) is 13.3. The summed E-state index contributed by atoms with van der Waals surface area (Å²) in [6.07, 6.45) is 0.751. The van der Waals surface area contributed by atoms with Crippen LogP contribution in [-0.2, 0) is 20.7 Å². The van der Waals surface area contributed by atoms with Gasteiger partial charge in [0.15, 0.2) is 17.3 Å². The number of esters is 2. The molecule has 1 fully saturated rings. The maximum atomic E-state index is 13.4. The van der Waals surface area contributed by atoms with Crippen LogP contribution in [0.15, 0.2) is 85.0 Å². The van der Waals surface area contributed by atoms with E-state index in [4.69, 9.17) is 14.2 Å². The molecule has 224 valence electrons. The van der Waals surface area contributed by atoms with E-state index in [2.05, 4.69) is 31.0 Å². The molecule has 0 aliphatic carbocycles. The van der Waals surface area contributed by atoms with E-state index >= 15 is 0 Å². The normalized spacial score (nSPS) is 13.7. The molecule has 0 spiro atoms. The summed E-state index contributed by atoms with van der Waals surface area (Å²) in [6, 6.07) is 19.0. The molecule has 7 heteroatoms. The number of benzene rings is 3. The predicted molar refractivity (Wildman–Crippen MR) is 168 cm³/mol. The van der Waals surface area contributed by atoms with Crippen molar-refractivity contribution in [2.24, 2.45) is 0 Å². The number of ether oxygens (including phenoxy) is 3. The van der Waals surface area contributed by atoms with Crippen LogP contribution in [0, 0.1) is 0 Å². The Bertz CT molecular complexity index is 1560. The molecule has 1 aliphatic rings. The summed E-state index contributed by atoms with van der Waals surface area (Å²) in [4.78, 5) is 40.1. The van der Waals surface area contributed by atoms with Gasteiger partial charge in [-0.05, 0) is 74.1 Å². The van der Waals surface area contributed by atoms with Crippen LogP contribution in [0.1, 0.15) is 50.5 Å². The lowest BCUT2D eigenvalue weighted by atomic mass is 9.89. The van der Waals surface area contributed by atoms with Gasteiger partial charge in [0.25, 0.3) is 0 Å². The Morgan fingerprint density at radius 1 is 0.791 bits per heavy atom. The highest BCUT2D eigenvalue weighted by atomic mass is 16.6. The van der Waals surface area contributed by atoms with Gasteiger partial charge in [-0.25, -0.2) is 9.59 Å². The van der Waals surface area contributed by atoms with Crippen LogP contribution in [0.3, 0.4) is 0 Å². The molecule has 1 heterocycles. The van der Waals surface area contributed by atoms with Crippen molar-refractivity contribution in [2.45, 2.75) is 46.6 Å². The minimum absolute atomic E-state index is 0.0890. The number of ketones is 1. The summed E-state index contributed by atoms with van der Waals surface area (Å²) in [5.74, 6) is -0.910. The maximum Gasteiger partial charge on any atom is 0.338 e. The zero-order valence-corrected chi connectivity index (χ0v) is 25.6. The summed E-state index contributed by atoms with van der Waals surface area (Å²) in [6.45, 7) is 19.1. The van der Waals surface area contributed by atoms with E-state index in [1.807, 2.05) is 56.3 Å². The highest BCUT2D eigenvalue weighted by Gasteiger charge is 2.35. The van der Waals surface area contributed by atoms with Gasteiger partial charge in [0.05, 0.1) is 18.8 Å². The third-order valence-corrected chi connectivity index (χ3v) is 7.68. The minimum Gasteiger partial charge on any atom is -0.419 e. The molecule has 0 amide bonds. The summed E-state index contributed by atoms with van der Waals surface area (Å²) in [5.41, 5.74) is 5.37. The molecule has 43 heavy (non-hydrogen) atoms. The molecule has 0 N–H and O–H groups in total. The zero-order valence-electron chi connectivity index (χ0n) is 25.6. The Kier molecular flexibility index (Phi) is 9.79. The third kappa shape index (κ3) is 7.19. The van der Waals surface area contributed by atoms with E-state index in [-0.39, 0.29) is 28.4 Å². The van der Waals surface area contributed by atoms with Gasteiger partial charge >= 0.3 is 11.9 Å². The van der Waals surface area contributed by atoms with Crippen molar-refractivity contribution >= 4 is 17.7 Å². The summed E-state index contributed by atoms with van der Waals surface area (Å²) in [5, 5.41) is 0. The molecule has 3 aromatic carbocycles. The number of hydrogen-bond donors (Lipinski definition) is 0. The van der Waals surface area contributed by atoms with Crippen molar-refractivity contribution in [1.82, 2.24) is 4.90 Å². The number of morpholine rings is 1. The van der Waals surface area contributed by atoms with Crippen LogP contribution in [0.2, 0.25) is 0 Å². The molecular weight excluding hydrogens is 542 g/mol. The fourth-order valence-electron chi connectivity index (χ4n) is 4.99. The molecule has 3 aromatic rings. The van der Waals surface area contributed by atoms with Gasteiger partial charge in [-0.1, -0.05) is 68.6 Å². The zero-order chi connectivity index (χ0) is 31.3. The van der Waals surface area contributed by atoms with Crippen LogP contribution in [-0.4, -0.2) is 54.5 Å². The molecule has 0 aromatic heterocycles. The van der Waals surface area contributed by atoms with Gasteiger partial charge in [-0.15, -0.1) is 0 Å². The monoisotopic (exact) mass is 581 g/mol. The number of carbonyl (C=O) groups excluding carboxylic acids is 3. The predicted octanol–water partition coefficient (Wildman–Crippen LogP) is 6.84. The largest absolute Gasteiger partial charge is 0.419 e. The molecule has 1 aliphatic heterocycles. The van der Waals surface area contributed by atoms with Gasteiger partial charge in [-0.3, -0.25) is 9.69 Å². The molecular formula is C36H39NO6. The lowest BCUT2D eigenvalue weighted by Gasteiger charge is -2.39. The summed E-state index contributed by atoms with van der Waals surface area (Å²) < 4.78 is 16.4. The highest BCUT2D eigenvalue weighted by molar-refractivity contribution is 6.03. The summed E-state index contributed by atoms with van der Waals surface area (Å²) >= 11 is 0.